The summed E-state index contributed by atoms with van der Waals surface area (Å²) >= 11 is 0. The first kappa shape index (κ1) is 23.2. The van der Waals surface area contributed by atoms with Gasteiger partial charge in [-0.05, 0) is 85.5 Å². The summed E-state index contributed by atoms with van der Waals surface area (Å²) in [5.41, 5.74) is 1.21. The van der Waals surface area contributed by atoms with Gasteiger partial charge in [-0.15, -0.1) is 0 Å². The number of amides is 3. The Kier molecular flexibility index (Phi) is 5.22. The van der Waals surface area contributed by atoms with Gasteiger partial charge >= 0.3 is 5.97 Å². The largest absolute Gasteiger partial charge is 0.494 e. The number of esters is 1. The van der Waals surface area contributed by atoms with Gasteiger partial charge in [0.15, 0.2) is 0 Å². The van der Waals surface area contributed by atoms with E-state index in [0.717, 1.165) is 12.2 Å². The molecule has 8 heteroatoms. The fourth-order valence-electron chi connectivity index (χ4n) is 7.08. The predicted molar refractivity (Wildman–Crippen MR) is 137 cm³/mol. The van der Waals surface area contributed by atoms with Crippen LogP contribution < -0.4 is 19.3 Å². The topological polar surface area (TPSA) is 93.2 Å². The van der Waals surface area contributed by atoms with E-state index in [1.807, 2.05) is 6.92 Å². The maximum atomic E-state index is 13.3. The fourth-order valence-corrected chi connectivity index (χ4v) is 7.08. The summed E-state index contributed by atoms with van der Waals surface area (Å²) in [5, 5.41) is 0. The highest BCUT2D eigenvalue weighted by molar-refractivity contribution is 6.22. The Bertz CT molecular complexity index is 1330. The lowest BCUT2D eigenvalue weighted by Gasteiger charge is -2.37. The van der Waals surface area contributed by atoms with Gasteiger partial charge in [-0.3, -0.25) is 24.1 Å². The van der Waals surface area contributed by atoms with E-state index >= 15 is 0 Å². The van der Waals surface area contributed by atoms with Gasteiger partial charge in [0.05, 0.1) is 30.0 Å². The predicted octanol–water partition coefficient (Wildman–Crippen LogP) is 3.60. The second-order valence-corrected chi connectivity index (χ2v) is 10.9. The maximum absolute atomic E-state index is 13.3. The first-order valence-electron chi connectivity index (χ1n) is 13.4. The third-order valence-electron chi connectivity index (χ3n) is 8.89. The molecule has 194 valence electrons. The smallest absolute Gasteiger partial charge is 0.316 e. The number of benzene rings is 2. The Hall–Kier alpha value is -3.94. The van der Waals surface area contributed by atoms with Crippen molar-refractivity contribution in [1.82, 2.24) is 0 Å². The number of nitrogens with zero attached hydrogens (tertiary/aromatic N) is 2. The van der Waals surface area contributed by atoms with Gasteiger partial charge in [-0.1, -0.05) is 12.2 Å². The minimum Gasteiger partial charge on any atom is -0.494 e. The molecule has 8 rings (SSSR count). The van der Waals surface area contributed by atoms with Crippen LogP contribution >= 0.6 is 0 Å². The van der Waals surface area contributed by atoms with Crippen LogP contribution in [-0.4, -0.2) is 36.8 Å². The van der Waals surface area contributed by atoms with Crippen LogP contribution in [0.5, 0.6) is 11.5 Å². The monoisotopic (exact) mass is 512 g/mol. The molecular weight excluding hydrogens is 484 g/mol. The van der Waals surface area contributed by atoms with Crippen LogP contribution in [-0.2, 0) is 19.2 Å². The Balaban J connectivity index is 1.01. The molecule has 6 aliphatic rings. The van der Waals surface area contributed by atoms with Crippen molar-refractivity contribution in [3.8, 4) is 11.5 Å². The number of carbonyl (C=O) groups excluding carboxylic acids is 4. The van der Waals surface area contributed by atoms with E-state index in [9.17, 15) is 19.2 Å². The molecule has 0 aromatic heterocycles. The quantitative estimate of drug-likeness (QED) is 0.254. The van der Waals surface area contributed by atoms with Crippen molar-refractivity contribution in [2.45, 2.75) is 19.8 Å². The highest BCUT2D eigenvalue weighted by Crippen LogP contribution is 2.65. The lowest BCUT2D eigenvalue weighted by atomic mass is 9.63. The van der Waals surface area contributed by atoms with Gasteiger partial charge in [0, 0.05) is 18.7 Å². The Morgan fingerprint density at radius 1 is 0.842 bits per heavy atom. The summed E-state index contributed by atoms with van der Waals surface area (Å²) in [7, 11) is 0. The highest BCUT2D eigenvalue weighted by atomic mass is 16.5. The summed E-state index contributed by atoms with van der Waals surface area (Å²) in [6, 6.07) is 13.7. The number of hydrogen-bond acceptors (Lipinski definition) is 6. The van der Waals surface area contributed by atoms with Crippen molar-refractivity contribution < 1.29 is 28.7 Å². The van der Waals surface area contributed by atoms with Gasteiger partial charge in [0.1, 0.15) is 11.5 Å². The zero-order valence-electron chi connectivity index (χ0n) is 21.0. The van der Waals surface area contributed by atoms with Crippen LogP contribution in [0, 0.1) is 41.4 Å². The fraction of sp³-hybridized carbons (Fsp3) is 0.400. The van der Waals surface area contributed by atoms with Crippen molar-refractivity contribution in [1.29, 1.82) is 0 Å². The molecule has 2 bridgehead atoms. The molecule has 0 N–H and O–H groups in total. The molecule has 3 amide bonds. The highest BCUT2D eigenvalue weighted by Gasteiger charge is 2.67. The summed E-state index contributed by atoms with van der Waals surface area (Å²) in [6.07, 6.45) is 5.51. The van der Waals surface area contributed by atoms with E-state index in [0.29, 0.717) is 35.6 Å². The Morgan fingerprint density at radius 3 is 2.03 bits per heavy atom. The second kappa shape index (κ2) is 8.55. The summed E-state index contributed by atoms with van der Waals surface area (Å²) in [4.78, 5) is 55.0. The van der Waals surface area contributed by atoms with Crippen LogP contribution in [0.2, 0.25) is 0 Å². The average Bonchev–Trinajstić information content (AvgIpc) is 3.60. The molecule has 2 heterocycles. The van der Waals surface area contributed by atoms with Crippen LogP contribution in [0.4, 0.5) is 11.4 Å². The Labute approximate surface area is 220 Å². The number of rotatable bonds is 6. The number of anilines is 2. The van der Waals surface area contributed by atoms with Crippen molar-refractivity contribution in [3.05, 3.63) is 60.7 Å². The third kappa shape index (κ3) is 3.50. The van der Waals surface area contributed by atoms with Gasteiger partial charge in [0.25, 0.3) is 0 Å². The lowest BCUT2D eigenvalue weighted by Crippen LogP contribution is -2.40. The van der Waals surface area contributed by atoms with Crippen molar-refractivity contribution in [2.75, 3.05) is 23.0 Å². The van der Waals surface area contributed by atoms with E-state index < -0.39 is 11.9 Å². The molecule has 7 atom stereocenters. The van der Waals surface area contributed by atoms with Crippen LogP contribution in [0.15, 0.2) is 60.7 Å². The molecule has 4 fully saturated rings. The number of ether oxygens (including phenoxy) is 2. The molecule has 0 radical (unpaired) electrons. The van der Waals surface area contributed by atoms with Crippen LogP contribution in [0.3, 0.4) is 0 Å². The molecular formula is C30H28N2O6. The first-order chi connectivity index (χ1) is 18.4. The summed E-state index contributed by atoms with van der Waals surface area (Å²) in [5.74, 6) is 0.532. The molecule has 0 spiro atoms. The van der Waals surface area contributed by atoms with Gasteiger partial charge in [0.2, 0.25) is 17.7 Å². The zero-order chi connectivity index (χ0) is 26.1. The molecule has 2 saturated heterocycles. The van der Waals surface area contributed by atoms with E-state index in [-0.39, 0.29) is 54.4 Å². The van der Waals surface area contributed by atoms with Gasteiger partial charge in [-0.2, -0.15) is 0 Å². The SMILES string of the molecule is CCOc1ccc(N2C[C@H](C(=O)Oc3ccc(N4C(=O)[C@@H]5[C@@H]6C=C[C@H]([C@H]7C[C@H]67)[C@@H]5C4=O)cc3)CC2=O)cc1. The van der Waals surface area contributed by atoms with E-state index in [1.54, 1.807) is 53.4 Å². The summed E-state index contributed by atoms with van der Waals surface area (Å²) in [6.45, 7) is 2.70. The van der Waals surface area contributed by atoms with Gasteiger partial charge < -0.3 is 14.4 Å². The summed E-state index contributed by atoms with van der Waals surface area (Å²) < 4.78 is 11.0. The number of carbonyl (C=O) groups is 4. The number of hydrogen-bond donors (Lipinski definition) is 0. The molecule has 2 aromatic carbocycles. The third-order valence-corrected chi connectivity index (χ3v) is 8.89. The van der Waals surface area contributed by atoms with Crippen molar-refractivity contribution in [3.63, 3.8) is 0 Å². The molecule has 0 unspecified atom stereocenters. The zero-order valence-corrected chi connectivity index (χ0v) is 21.0. The minimum absolute atomic E-state index is 0.0715. The van der Waals surface area contributed by atoms with Crippen LogP contribution in [0.1, 0.15) is 19.8 Å². The van der Waals surface area contributed by atoms with E-state index in [4.69, 9.17) is 9.47 Å². The van der Waals surface area contributed by atoms with Crippen molar-refractivity contribution in [2.24, 2.45) is 41.4 Å². The van der Waals surface area contributed by atoms with Crippen LogP contribution in [0.25, 0.3) is 0 Å². The van der Waals surface area contributed by atoms with E-state index in [1.165, 1.54) is 4.90 Å². The molecule has 2 aliphatic heterocycles. The lowest BCUT2D eigenvalue weighted by molar-refractivity contribution is -0.139. The average molecular weight is 513 g/mol. The molecule has 8 nitrogen and oxygen atoms in total. The molecule has 2 aromatic rings. The maximum Gasteiger partial charge on any atom is 0.316 e. The molecule has 2 saturated carbocycles. The molecule has 38 heavy (non-hydrogen) atoms. The normalized spacial score (nSPS) is 32.4. The van der Waals surface area contributed by atoms with E-state index in [2.05, 4.69) is 12.2 Å². The Morgan fingerprint density at radius 2 is 1.42 bits per heavy atom. The van der Waals surface area contributed by atoms with Crippen molar-refractivity contribution >= 4 is 35.1 Å². The molecule has 4 aliphatic carbocycles. The first-order valence-corrected chi connectivity index (χ1v) is 13.4. The minimum atomic E-state index is -0.590. The number of allylic oxidation sites excluding steroid dienone is 2. The second-order valence-electron chi connectivity index (χ2n) is 10.9. The van der Waals surface area contributed by atoms with Gasteiger partial charge in [-0.25, -0.2) is 0 Å². The number of imide groups is 1. The standard InChI is InChI=1S/C30H28N2O6/c1-2-37-19-7-3-17(4-8-19)31-15-16(13-25(31)33)30(36)38-20-9-5-18(6-10-20)32-28(34)26-21-11-12-22(24-14-23(21)24)27(26)29(32)35/h3-12,16,21-24,26-27H,2,13-15H2,1H3/t16-,21-,22-,23-,24-,26-,27+/m1/s1.